The van der Waals surface area contributed by atoms with Gasteiger partial charge < -0.3 is 15.7 Å². The third-order valence-corrected chi connectivity index (χ3v) is 2.49. The molecule has 6 nitrogen and oxygen atoms in total. The van der Waals surface area contributed by atoms with E-state index in [4.69, 9.17) is 0 Å². The molecule has 1 unspecified atom stereocenters. The lowest BCUT2D eigenvalue weighted by atomic mass is 10.00. The van der Waals surface area contributed by atoms with Gasteiger partial charge in [0.1, 0.15) is 5.60 Å². The average molecular weight is 367 g/mol. The van der Waals surface area contributed by atoms with Crippen LogP contribution in [0, 0.1) is 0 Å². The Labute approximate surface area is 125 Å². The van der Waals surface area contributed by atoms with Gasteiger partial charge in [0.05, 0.1) is 12.7 Å². The summed E-state index contributed by atoms with van der Waals surface area (Å²) in [5.41, 5.74) is -0.195. The summed E-state index contributed by atoms with van der Waals surface area (Å²) in [4.78, 5) is 4.04. The second-order valence-electron chi connectivity index (χ2n) is 4.13. The number of nitrogens with zero attached hydrogens (tertiary/aromatic N) is 3. The Kier molecular flexibility index (Phi) is 7.22. The Bertz CT molecular complexity index is 389. The van der Waals surface area contributed by atoms with Crippen molar-refractivity contribution in [3.8, 4) is 0 Å². The van der Waals surface area contributed by atoms with E-state index in [1.807, 2.05) is 14.0 Å². The lowest BCUT2D eigenvalue weighted by Gasteiger charge is -2.23. The smallest absolute Gasteiger partial charge is 0.191 e. The molecule has 0 bridgehead atoms. The van der Waals surface area contributed by atoms with Crippen molar-refractivity contribution < 1.29 is 5.11 Å². The molecule has 0 radical (unpaired) electrons. The van der Waals surface area contributed by atoms with Gasteiger partial charge in [0.25, 0.3) is 0 Å². The highest BCUT2D eigenvalue weighted by Gasteiger charge is 2.24. The number of aliphatic hydroxyl groups is 1. The summed E-state index contributed by atoms with van der Waals surface area (Å²) in [6.07, 6.45) is 3.47. The van der Waals surface area contributed by atoms with Crippen molar-refractivity contribution in [3.05, 3.63) is 18.0 Å². The molecule has 0 fully saturated rings. The first-order valence-corrected chi connectivity index (χ1v) is 5.65. The molecule has 0 spiro atoms. The van der Waals surface area contributed by atoms with E-state index in [9.17, 15) is 5.11 Å². The number of guanidine groups is 1. The van der Waals surface area contributed by atoms with E-state index in [1.54, 1.807) is 31.0 Å². The molecule has 0 aliphatic heterocycles. The van der Waals surface area contributed by atoms with Crippen molar-refractivity contribution in [2.24, 2.45) is 12.0 Å². The first-order valence-electron chi connectivity index (χ1n) is 5.65. The van der Waals surface area contributed by atoms with Gasteiger partial charge in [-0.3, -0.25) is 9.67 Å². The Hall–Kier alpha value is -0.830. The largest absolute Gasteiger partial charge is 0.383 e. The van der Waals surface area contributed by atoms with Crippen LogP contribution in [0.25, 0.3) is 0 Å². The minimum Gasteiger partial charge on any atom is -0.383 e. The van der Waals surface area contributed by atoms with Gasteiger partial charge in [0, 0.05) is 32.4 Å². The summed E-state index contributed by atoms with van der Waals surface area (Å²) < 4.78 is 1.67. The fourth-order valence-corrected chi connectivity index (χ4v) is 1.45. The summed E-state index contributed by atoms with van der Waals surface area (Å²) in [5, 5.41) is 20.5. The number of hydrogen-bond donors (Lipinski definition) is 3. The standard InChI is InChI=1S/C11H21N5O.HI/c1-5-13-10(12-3)14-8-11(2,17)9-6-15-16(4)7-9;/h6-7,17H,5,8H2,1-4H3,(H2,12,13,14);1H. The first-order chi connectivity index (χ1) is 7.99. The van der Waals surface area contributed by atoms with Crippen LogP contribution in [0.1, 0.15) is 19.4 Å². The predicted octanol–water partition coefficient (Wildman–Crippen LogP) is 0.431. The number of aryl methyl sites for hydroxylation is 1. The van der Waals surface area contributed by atoms with Crippen molar-refractivity contribution in [1.82, 2.24) is 20.4 Å². The molecule has 0 saturated heterocycles. The molecule has 18 heavy (non-hydrogen) atoms. The van der Waals surface area contributed by atoms with Gasteiger partial charge in [-0.25, -0.2) is 0 Å². The lowest BCUT2D eigenvalue weighted by molar-refractivity contribution is 0.0616. The molecule has 0 amide bonds. The van der Waals surface area contributed by atoms with E-state index in [0.717, 1.165) is 12.1 Å². The minimum atomic E-state index is -0.973. The minimum absolute atomic E-state index is 0. The summed E-state index contributed by atoms with van der Waals surface area (Å²) in [6, 6.07) is 0. The van der Waals surface area contributed by atoms with Crippen LogP contribution in [0.15, 0.2) is 17.4 Å². The van der Waals surface area contributed by atoms with E-state index in [0.29, 0.717) is 12.5 Å². The zero-order chi connectivity index (χ0) is 12.9. The van der Waals surface area contributed by atoms with Crippen LogP contribution < -0.4 is 10.6 Å². The highest BCUT2D eigenvalue weighted by molar-refractivity contribution is 14.0. The fourth-order valence-electron chi connectivity index (χ4n) is 1.45. The normalized spacial score (nSPS) is 14.6. The van der Waals surface area contributed by atoms with Gasteiger partial charge in [-0.2, -0.15) is 5.10 Å². The maximum Gasteiger partial charge on any atom is 0.191 e. The summed E-state index contributed by atoms with van der Waals surface area (Å²) in [5.74, 6) is 0.677. The Balaban J connectivity index is 0.00000289. The molecule has 104 valence electrons. The molecule has 3 N–H and O–H groups in total. The molecule has 1 heterocycles. The first kappa shape index (κ1) is 17.2. The topological polar surface area (TPSA) is 74.5 Å². The van der Waals surface area contributed by atoms with E-state index in [2.05, 4.69) is 20.7 Å². The number of rotatable bonds is 4. The number of aliphatic imine (C=N–C) groups is 1. The maximum atomic E-state index is 10.3. The summed E-state index contributed by atoms with van der Waals surface area (Å²) >= 11 is 0. The van der Waals surface area contributed by atoms with Gasteiger partial charge in [-0.15, -0.1) is 24.0 Å². The van der Waals surface area contributed by atoms with E-state index < -0.39 is 5.60 Å². The Morgan fingerprint density at radius 2 is 2.22 bits per heavy atom. The Morgan fingerprint density at radius 1 is 1.56 bits per heavy atom. The monoisotopic (exact) mass is 367 g/mol. The molecule has 1 aromatic rings. The predicted molar refractivity (Wildman–Crippen MR) is 83.2 cm³/mol. The zero-order valence-electron chi connectivity index (χ0n) is 11.3. The van der Waals surface area contributed by atoms with E-state index in [1.165, 1.54) is 0 Å². The fraction of sp³-hybridized carbons (Fsp3) is 0.636. The van der Waals surface area contributed by atoms with Crippen molar-refractivity contribution >= 4 is 29.9 Å². The molecule has 7 heteroatoms. The SMILES string of the molecule is CCNC(=NC)NCC(C)(O)c1cnn(C)c1.I. The van der Waals surface area contributed by atoms with Crippen LogP contribution in [0.5, 0.6) is 0 Å². The van der Waals surface area contributed by atoms with Crippen LogP contribution in [0.2, 0.25) is 0 Å². The van der Waals surface area contributed by atoms with Gasteiger partial charge in [0.2, 0.25) is 0 Å². The van der Waals surface area contributed by atoms with Crippen molar-refractivity contribution in [2.75, 3.05) is 20.1 Å². The summed E-state index contributed by atoms with van der Waals surface area (Å²) in [7, 11) is 3.52. The van der Waals surface area contributed by atoms with Gasteiger partial charge in [0.15, 0.2) is 5.96 Å². The Morgan fingerprint density at radius 3 is 2.67 bits per heavy atom. The second kappa shape index (κ2) is 7.57. The average Bonchev–Trinajstić information content (AvgIpc) is 2.72. The number of halogens is 1. The molecule has 0 aromatic carbocycles. The molecule has 0 aliphatic carbocycles. The van der Waals surface area contributed by atoms with Gasteiger partial charge >= 0.3 is 0 Å². The molecular weight excluding hydrogens is 345 g/mol. The number of hydrogen-bond acceptors (Lipinski definition) is 3. The lowest BCUT2D eigenvalue weighted by Crippen LogP contribution is -2.44. The molecular formula is C11H22IN5O. The summed E-state index contributed by atoms with van der Waals surface area (Å²) in [6.45, 7) is 4.90. The van der Waals surface area contributed by atoms with Crippen LogP contribution >= 0.6 is 24.0 Å². The quantitative estimate of drug-likeness (QED) is 0.410. The third-order valence-electron chi connectivity index (χ3n) is 2.49. The van der Waals surface area contributed by atoms with E-state index in [-0.39, 0.29) is 24.0 Å². The van der Waals surface area contributed by atoms with Crippen LogP contribution in [-0.2, 0) is 12.6 Å². The third kappa shape index (κ3) is 4.81. The van der Waals surface area contributed by atoms with E-state index >= 15 is 0 Å². The van der Waals surface area contributed by atoms with Crippen LogP contribution in [0.3, 0.4) is 0 Å². The van der Waals surface area contributed by atoms with Crippen molar-refractivity contribution in [3.63, 3.8) is 0 Å². The number of aromatic nitrogens is 2. The molecule has 1 aromatic heterocycles. The zero-order valence-corrected chi connectivity index (χ0v) is 13.6. The number of nitrogens with one attached hydrogen (secondary N) is 2. The molecule has 0 saturated carbocycles. The highest BCUT2D eigenvalue weighted by Crippen LogP contribution is 2.18. The highest BCUT2D eigenvalue weighted by atomic mass is 127. The molecule has 1 rings (SSSR count). The molecule has 1 atom stereocenters. The van der Waals surface area contributed by atoms with Crippen molar-refractivity contribution in [2.45, 2.75) is 19.4 Å². The van der Waals surface area contributed by atoms with Crippen LogP contribution in [0.4, 0.5) is 0 Å². The van der Waals surface area contributed by atoms with Gasteiger partial charge in [-0.1, -0.05) is 0 Å². The maximum absolute atomic E-state index is 10.3. The second-order valence-corrected chi connectivity index (χ2v) is 4.13. The molecule has 0 aliphatic rings. The van der Waals surface area contributed by atoms with Crippen molar-refractivity contribution in [1.29, 1.82) is 0 Å². The van der Waals surface area contributed by atoms with Crippen LogP contribution in [-0.4, -0.2) is 41.0 Å². The van der Waals surface area contributed by atoms with Gasteiger partial charge in [-0.05, 0) is 13.8 Å².